The summed E-state index contributed by atoms with van der Waals surface area (Å²) in [4.78, 5) is 12.6. The van der Waals surface area contributed by atoms with Gasteiger partial charge in [0.2, 0.25) is 0 Å². The number of methoxy groups -OCH3 is 2. The summed E-state index contributed by atoms with van der Waals surface area (Å²) in [6, 6.07) is 10.4. The molecule has 0 aliphatic heterocycles. The smallest absolute Gasteiger partial charge is 0.255 e. The second-order valence-electron chi connectivity index (χ2n) is 6.65. The van der Waals surface area contributed by atoms with Gasteiger partial charge in [0, 0.05) is 17.3 Å². The van der Waals surface area contributed by atoms with Crippen LogP contribution in [0.5, 0.6) is 23.0 Å². The van der Waals surface area contributed by atoms with Gasteiger partial charge in [-0.25, -0.2) is 0 Å². The number of hydrogen-bond acceptors (Lipinski definition) is 5. The molecular weight excluding hydrogens is 358 g/mol. The number of rotatable bonds is 10. The van der Waals surface area contributed by atoms with Crippen molar-refractivity contribution in [3.8, 4) is 23.0 Å². The zero-order valence-electron chi connectivity index (χ0n) is 17.2. The van der Waals surface area contributed by atoms with E-state index in [4.69, 9.17) is 18.9 Å². The summed E-state index contributed by atoms with van der Waals surface area (Å²) in [7, 11) is 3.12. The molecule has 0 fully saturated rings. The van der Waals surface area contributed by atoms with Gasteiger partial charge in [-0.2, -0.15) is 0 Å². The molecule has 0 saturated heterocycles. The van der Waals surface area contributed by atoms with E-state index in [1.54, 1.807) is 50.6 Å². The topological polar surface area (TPSA) is 66.0 Å². The van der Waals surface area contributed by atoms with Crippen LogP contribution in [0.1, 0.15) is 37.6 Å². The van der Waals surface area contributed by atoms with Gasteiger partial charge in [0.05, 0.1) is 27.4 Å². The van der Waals surface area contributed by atoms with E-state index < -0.39 is 0 Å². The third-order valence-corrected chi connectivity index (χ3v) is 4.10. The van der Waals surface area contributed by atoms with Gasteiger partial charge >= 0.3 is 0 Å². The van der Waals surface area contributed by atoms with E-state index >= 15 is 0 Å². The highest BCUT2D eigenvalue weighted by atomic mass is 16.5. The van der Waals surface area contributed by atoms with E-state index in [2.05, 4.69) is 19.2 Å². The Balaban J connectivity index is 2.11. The van der Waals surface area contributed by atoms with Crippen molar-refractivity contribution in [3.05, 3.63) is 42.0 Å². The van der Waals surface area contributed by atoms with Gasteiger partial charge in [0.25, 0.3) is 5.91 Å². The Labute approximate surface area is 166 Å². The number of anilines is 1. The van der Waals surface area contributed by atoms with Crippen LogP contribution in [0.15, 0.2) is 36.4 Å². The Morgan fingerprint density at radius 2 is 1.57 bits per heavy atom. The zero-order chi connectivity index (χ0) is 20.5. The minimum atomic E-state index is -0.252. The molecule has 0 spiro atoms. The molecule has 2 rings (SSSR count). The van der Waals surface area contributed by atoms with Gasteiger partial charge in [-0.3, -0.25) is 4.79 Å². The van der Waals surface area contributed by atoms with Crippen LogP contribution in [-0.4, -0.2) is 33.3 Å². The van der Waals surface area contributed by atoms with Crippen molar-refractivity contribution in [3.63, 3.8) is 0 Å². The van der Waals surface area contributed by atoms with Crippen LogP contribution < -0.4 is 24.3 Å². The average molecular weight is 387 g/mol. The summed E-state index contributed by atoms with van der Waals surface area (Å²) in [5.74, 6) is 2.65. The first-order valence-corrected chi connectivity index (χ1v) is 9.41. The largest absolute Gasteiger partial charge is 0.493 e. The van der Waals surface area contributed by atoms with E-state index in [1.165, 1.54) is 0 Å². The van der Waals surface area contributed by atoms with Crippen LogP contribution in [0.4, 0.5) is 5.69 Å². The van der Waals surface area contributed by atoms with Crippen LogP contribution >= 0.6 is 0 Å². The Bertz CT molecular complexity index is 788. The summed E-state index contributed by atoms with van der Waals surface area (Å²) >= 11 is 0. The normalized spacial score (nSPS) is 10.5. The molecule has 152 valence electrons. The van der Waals surface area contributed by atoms with E-state index in [0.29, 0.717) is 53.4 Å². The van der Waals surface area contributed by atoms with Gasteiger partial charge in [0.1, 0.15) is 0 Å². The fraction of sp³-hybridized carbons (Fsp3) is 0.409. The molecule has 6 nitrogen and oxygen atoms in total. The van der Waals surface area contributed by atoms with Gasteiger partial charge in [-0.15, -0.1) is 0 Å². The van der Waals surface area contributed by atoms with Crippen molar-refractivity contribution in [2.45, 2.75) is 27.2 Å². The summed E-state index contributed by atoms with van der Waals surface area (Å²) in [5.41, 5.74) is 1.09. The van der Waals surface area contributed by atoms with E-state index in [0.717, 1.165) is 6.42 Å². The molecule has 2 aromatic carbocycles. The number of ether oxygens (including phenoxy) is 4. The highest BCUT2D eigenvalue weighted by molar-refractivity contribution is 6.04. The van der Waals surface area contributed by atoms with Crippen molar-refractivity contribution in [1.82, 2.24) is 0 Å². The van der Waals surface area contributed by atoms with E-state index in [9.17, 15) is 4.79 Å². The average Bonchev–Trinajstić information content (AvgIpc) is 2.69. The molecule has 0 bridgehead atoms. The van der Waals surface area contributed by atoms with Crippen LogP contribution in [0, 0.1) is 5.92 Å². The summed E-state index contributed by atoms with van der Waals surface area (Å²) in [6.07, 6.45) is 0.949. The number of carbonyl (C=O) groups is 1. The molecule has 0 aliphatic carbocycles. The standard InChI is InChI=1S/C22H29NO5/c1-6-27-18-10-8-17(14-21(18)26-5)23-22(24)16-7-9-19(20(13-16)25-4)28-12-11-15(2)3/h7-10,13-15H,6,11-12H2,1-5H3,(H,23,24). The minimum Gasteiger partial charge on any atom is -0.493 e. The SMILES string of the molecule is CCOc1ccc(NC(=O)c2ccc(OCCC(C)C)c(OC)c2)cc1OC. The molecule has 0 unspecified atom stereocenters. The fourth-order valence-electron chi connectivity index (χ4n) is 2.56. The Morgan fingerprint density at radius 1 is 0.929 bits per heavy atom. The Hall–Kier alpha value is -2.89. The van der Waals surface area contributed by atoms with E-state index in [1.807, 2.05) is 6.92 Å². The van der Waals surface area contributed by atoms with Crippen molar-refractivity contribution in [2.24, 2.45) is 5.92 Å². The third-order valence-electron chi connectivity index (χ3n) is 4.10. The molecule has 0 saturated carbocycles. The molecule has 0 aromatic heterocycles. The van der Waals surface area contributed by atoms with Crippen LogP contribution in [0.3, 0.4) is 0 Å². The van der Waals surface area contributed by atoms with Gasteiger partial charge < -0.3 is 24.3 Å². The first-order valence-electron chi connectivity index (χ1n) is 9.41. The van der Waals surface area contributed by atoms with Crippen molar-refractivity contribution in [1.29, 1.82) is 0 Å². The zero-order valence-corrected chi connectivity index (χ0v) is 17.2. The highest BCUT2D eigenvalue weighted by Gasteiger charge is 2.13. The van der Waals surface area contributed by atoms with Gasteiger partial charge in [-0.1, -0.05) is 13.8 Å². The van der Waals surface area contributed by atoms with Gasteiger partial charge in [0.15, 0.2) is 23.0 Å². The lowest BCUT2D eigenvalue weighted by molar-refractivity contribution is 0.102. The summed E-state index contributed by atoms with van der Waals surface area (Å²) < 4.78 is 22.0. The van der Waals surface area contributed by atoms with Crippen LogP contribution in [-0.2, 0) is 0 Å². The molecule has 28 heavy (non-hydrogen) atoms. The number of nitrogens with one attached hydrogen (secondary N) is 1. The van der Waals surface area contributed by atoms with Crippen LogP contribution in [0.2, 0.25) is 0 Å². The molecule has 1 N–H and O–H groups in total. The molecule has 0 heterocycles. The van der Waals surface area contributed by atoms with Crippen molar-refractivity contribution in [2.75, 3.05) is 32.8 Å². The maximum Gasteiger partial charge on any atom is 0.255 e. The third kappa shape index (κ3) is 5.81. The predicted octanol–water partition coefficient (Wildman–Crippen LogP) is 4.78. The minimum absolute atomic E-state index is 0.252. The number of benzene rings is 2. The van der Waals surface area contributed by atoms with Gasteiger partial charge in [-0.05, 0) is 49.6 Å². The first-order chi connectivity index (χ1) is 13.5. The molecule has 0 atom stereocenters. The van der Waals surface area contributed by atoms with Crippen molar-refractivity contribution >= 4 is 11.6 Å². The fourth-order valence-corrected chi connectivity index (χ4v) is 2.56. The highest BCUT2D eigenvalue weighted by Crippen LogP contribution is 2.31. The first kappa shape index (κ1) is 21.4. The lowest BCUT2D eigenvalue weighted by Gasteiger charge is -2.14. The number of amides is 1. The summed E-state index contributed by atoms with van der Waals surface area (Å²) in [6.45, 7) is 7.32. The van der Waals surface area contributed by atoms with Crippen LogP contribution in [0.25, 0.3) is 0 Å². The molecule has 0 aliphatic rings. The maximum atomic E-state index is 12.6. The van der Waals surface area contributed by atoms with E-state index in [-0.39, 0.29) is 5.91 Å². The summed E-state index contributed by atoms with van der Waals surface area (Å²) in [5, 5.41) is 2.86. The quantitative estimate of drug-likeness (QED) is 0.635. The monoisotopic (exact) mass is 387 g/mol. The second-order valence-corrected chi connectivity index (χ2v) is 6.65. The molecule has 6 heteroatoms. The molecule has 1 amide bonds. The molecule has 2 aromatic rings. The predicted molar refractivity (Wildman–Crippen MR) is 110 cm³/mol. The maximum absolute atomic E-state index is 12.6. The Kier molecular flexibility index (Phi) is 7.99. The lowest BCUT2D eigenvalue weighted by Crippen LogP contribution is -2.12. The lowest BCUT2D eigenvalue weighted by atomic mass is 10.1. The number of carbonyl (C=O) groups excluding carboxylic acids is 1. The Morgan fingerprint density at radius 3 is 2.21 bits per heavy atom. The molecule has 0 radical (unpaired) electrons. The second kappa shape index (κ2) is 10.4. The number of hydrogen-bond donors (Lipinski definition) is 1. The van der Waals surface area contributed by atoms with Crippen molar-refractivity contribution < 1.29 is 23.7 Å². The molecular formula is C22H29NO5.